The molecular formula is C13H17N3O5S. The van der Waals surface area contributed by atoms with Gasteiger partial charge < -0.3 is 19.9 Å². The topological polar surface area (TPSA) is 99.2 Å². The van der Waals surface area contributed by atoms with E-state index in [1.165, 1.54) is 4.90 Å². The summed E-state index contributed by atoms with van der Waals surface area (Å²) < 4.78 is 37.2. The minimum Gasteiger partial charge on any atom is -0.378 e. The largest absolute Gasteiger partial charge is 0.378 e. The second kappa shape index (κ2) is 5.75. The number of nitrogens with one attached hydrogen (secondary N) is 1. The number of ether oxygens (including phenoxy) is 1. The van der Waals surface area contributed by atoms with Crippen LogP contribution in [0.4, 0.5) is 11.4 Å². The standard InChI is InChI=1S/C13H17N3O5S/c17-12-9-16(13(14-12)22(18,19)20)11-3-1-10(2-4-11)15-5-7-21-8-6-15/h1-4,13H,5-9H2,(H,14,17)(H,18,19,20). The van der Waals surface area contributed by atoms with Crippen molar-refractivity contribution in [3.05, 3.63) is 24.3 Å². The van der Waals surface area contributed by atoms with E-state index >= 15 is 0 Å². The van der Waals surface area contributed by atoms with Crippen LogP contribution in [0.15, 0.2) is 24.3 Å². The van der Waals surface area contributed by atoms with Gasteiger partial charge in [-0.05, 0) is 24.3 Å². The Kier molecular flexibility index (Phi) is 3.94. The van der Waals surface area contributed by atoms with Gasteiger partial charge in [0.25, 0.3) is 0 Å². The van der Waals surface area contributed by atoms with Crippen molar-refractivity contribution < 1.29 is 22.5 Å². The lowest BCUT2D eigenvalue weighted by Gasteiger charge is -2.29. The van der Waals surface area contributed by atoms with Crippen LogP contribution in [0.3, 0.4) is 0 Å². The highest BCUT2D eigenvalue weighted by molar-refractivity contribution is 7.86. The summed E-state index contributed by atoms with van der Waals surface area (Å²) in [6, 6.07) is 7.21. The first kappa shape index (κ1) is 15.1. The molecule has 2 fully saturated rings. The van der Waals surface area contributed by atoms with E-state index in [0.717, 1.165) is 18.8 Å². The number of anilines is 2. The fourth-order valence-electron chi connectivity index (χ4n) is 2.64. The highest BCUT2D eigenvalue weighted by Crippen LogP contribution is 2.25. The highest BCUT2D eigenvalue weighted by Gasteiger charge is 2.38. The van der Waals surface area contributed by atoms with Crippen molar-refractivity contribution in [1.82, 2.24) is 5.32 Å². The molecule has 2 heterocycles. The Balaban J connectivity index is 1.81. The summed E-state index contributed by atoms with van der Waals surface area (Å²) in [5.41, 5.74) is 0.126. The van der Waals surface area contributed by atoms with Crippen molar-refractivity contribution in [2.24, 2.45) is 0 Å². The molecule has 1 aromatic rings. The van der Waals surface area contributed by atoms with Gasteiger partial charge >= 0.3 is 10.1 Å². The molecule has 1 unspecified atom stereocenters. The number of rotatable bonds is 3. The van der Waals surface area contributed by atoms with Crippen LogP contribution in [-0.4, -0.2) is 57.2 Å². The maximum absolute atomic E-state index is 11.4. The predicted molar refractivity (Wildman–Crippen MR) is 80.3 cm³/mol. The summed E-state index contributed by atoms with van der Waals surface area (Å²) in [7, 11) is -4.40. The van der Waals surface area contributed by atoms with Crippen molar-refractivity contribution in [1.29, 1.82) is 0 Å². The molecule has 1 aromatic carbocycles. The summed E-state index contributed by atoms with van der Waals surface area (Å²) in [5.74, 6) is -0.445. The number of hydrogen-bond donors (Lipinski definition) is 2. The van der Waals surface area contributed by atoms with E-state index in [4.69, 9.17) is 4.74 Å². The Morgan fingerprint density at radius 3 is 2.32 bits per heavy atom. The molecule has 2 aliphatic rings. The lowest BCUT2D eigenvalue weighted by molar-refractivity contribution is -0.118. The predicted octanol–water partition coefficient (Wildman–Crippen LogP) is -0.369. The number of benzene rings is 1. The Morgan fingerprint density at radius 1 is 1.14 bits per heavy atom. The minimum absolute atomic E-state index is 0.110. The van der Waals surface area contributed by atoms with E-state index in [9.17, 15) is 17.8 Å². The first-order chi connectivity index (χ1) is 10.4. The van der Waals surface area contributed by atoms with Crippen molar-refractivity contribution in [3.63, 3.8) is 0 Å². The van der Waals surface area contributed by atoms with Crippen molar-refractivity contribution in [2.75, 3.05) is 42.6 Å². The molecule has 0 spiro atoms. The van der Waals surface area contributed by atoms with E-state index in [-0.39, 0.29) is 6.54 Å². The third-order valence-corrected chi connectivity index (χ3v) is 4.66. The van der Waals surface area contributed by atoms with E-state index in [2.05, 4.69) is 10.2 Å². The molecule has 9 heteroatoms. The molecule has 120 valence electrons. The summed E-state index contributed by atoms with van der Waals surface area (Å²) in [6.45, 7) is 2.85. The lowest BCUT2D eigenvalue weighted by Crippen LogP contribution is -2.42. The Labute approximate surface area is 128 Å². The lowest BCUT2D eigenvalue weighted by atomic mass is 10.2. The quantitative estimate of drug-likeness (QED) is 0.731. The highest BCUT2D eigenvalue weighted by atomic mass is 32.2. The van der Waals surface area contributed by atoms with Gasteiger partial charge in [-0.2, -0.15) is 8.42 Å². The zero-order chi connectivity index (χ0) is 15.7. The Hall–Kier alpha value is -1.84. The van der Waals surface area contributed by atoms with Crippen molar-refractivity contribution >= 4 is 27.4 Å². The number of nitrogens with zero attached hydrogens (tertiary/aromatic N) is 2. The average Bonchev–Trinajstić information content (AvgIpc) is 2.91. The van der Waals surface area contributed by atoms with E-state index in [0.29, 0.717) is 18.9 Å². The number of carbonyl (C=O) groups is 1. The number of amides is 1. The molecule has 0 saturated carbocycles. The maximum Gasteiger partial charge on any atom is 0.306 e. The molecule has 22 heavy (non-hydrogen) atoms. The monoisotopic (exact) mass is 327 g/mol. The van der Waals surface area contributed by atoms with Gasteiger partial charge in [-0.3, -0.25) is 9.35 Å². The molecule has 0 aliphatic carbocycles. The van der Waals surface area contributed by atoms with Gasteiger partial charge in [0.1, 0.15) is 0 Å². The molecule has 0 radical (unpaired) electrons. The fraction of sp³-hybridized carbons (Fsp3) is 0.462. The Morgan fingerprint density at radius 2 is 1.73 bits per heavy atom. The summed E-state index contributed by atoms with van der Waals surface area (Å²) in [5, 5.41) is 2.24. The van der Waals surface area contributed by atoms with Crippen LogP contribution < -0.4 is 15.1 Å². The molecule has 2 aliphatic heterocycles. The van der Waals surface area contributed by atoms with Crippen LogP contribution in [0.1, 0.15) is 0 Å². The summed E-state index contributed by atoms with van der Waals surface area (Å²) >= 11 is 0. The Bertz CT molecular complexity index is 655. The molecular weight excluding hydrogens is 310 g/mol. The first-order valence-corrected chi connectivity index (χ1v) is 8.40. The van der Waals surface area contributed by atoms with Crippen LogP contribution in [-0.2, 0) is 19.6 Å². The molecule has 2 saturated heterocycles. The van der Waals surface area contributed by atoms with Crippen LogP contribution >= 0.6 is 0 Å². The molecule has 0 aromatic heterocycles. The van der Waals surface area contributed by atoms with Crippen LogP contribution in [0.25, 0.3) is 0 Å². The summed E-state index contributed by atoms with van der Waals surface area (Å²) in [6.07, 6.45) is 0. The van der Waals surface area contributed by atoms with Crippen molar-refractivity contribution in [2.45, 2.75) is 5.50 Å². The van der Waals surface area contributed by atoms with Gasteiger partial charge in [-0.25, -0.2) is 0 Å². The maximum atomic E-state index is 11.4. The van der Waals surface area contributed by atoms with Gasteiger partial charge in [0.2, 0.25) is 11.4 Å². The first-order valence-electron chi connectivity index (χ1n) is 6.90. The third kappa shape index (κ3) is 3.01. The molecule has 8 nitrogen and oxygen atoms in total. The van der Waals surface area contributed by atoms with Crippen LogP contribution in [0.2, 0.25) is 0 Å². The van der Waals surface area contributed by atoms with E-state index in [1.54, 1.807) is 12.1 Å². The van der Waals surface area contributed by atoms with Gasteiger partial charge in [0.15, 0.2) is 0 Å². The molecule has 1 atom stereocenters. The normalized spacial score (nSPS) is 22.8. The van der Waals surface area contributed by atoms with Gasteiger partial charge in [-0.1, -0.05) is 0 Å². The summed E-state index contributed by atoms with van der Waals surface area (Å²) in [4.78, 5) is 14.9. The molecule has 2 N–H and O–H groups in total. The zero-order valence-corrected chi connectivity index (χ0v) is 12.6. The second-order valence-electron chi connectivity index (χ2n) is 5.18. The number of morpholine rings is 1. The SMILES string of the molecule is O=C1CN(c2ccc(N3CCOCC3)cc2)C(S(=O)(=O)O)N1. The smallest absolute Gasteiger partial charge is 0.306 e. The molecule has 3 rings (SSSR count). The van der Waals surface area contributed by atoms with Gasteiger partial charge in [0, 0.05) is 24.5 Å². The average molecular weight is 327 g/mol. The third-order valence-electron chi connectivity index (χ3n) is 3.72. The number of hydrogen-bond acceptors (Lipinski definition) is 6. The number of carbonyl (C=O) groups excluding carboxylic acids is 1. The van der Waals surface area contributed by atoms with Gasteiger partial charge in [0.05, 0.1) is 19.8 Å². The molecule has 0 bridgehead atoms. The fourth-order valence-corrected chi connectivity index (χ4v) is 3.44. The minimum atomic E-state index is -4.40. The van der Waals surface area contributed by atoms with Crippen LogP contribution in [0.5, 0.6) is 0 Å². The van der Waals surface area contributed by atoms with E-state index < -0.39 is 21.5 Å². The van der Waals surface area contributed by atoms with Gasteiger partial charge in [-0.15, -0.1) is 0 Å². The van der Waals surface area contributed by atoms with Crippen molar-refractivity contribution in [3.8, 4) is 0 Å². The van der Waals surface area contributed by atoms with E-state index in [1.807, 2.05) is 12.1 Å². The molecule has 1 amide bonds. The second-order valence-corrected chi connectivity index (χ2v) is 6.66. The zero-order valence-electron chi connectivity index (χ0n) is 11.8. The van der Waals surface area contributed by atoms with Crippen LogP contribution in [0, 0.1) is 0 Å².